The highest BCUT2D eigenvalue weighted by atomic mass is 16.6. The predicted molar refractivity (Wildman–Crippen MR) is 88.6 cm³/mol. The number of hydrogen-bond donors (Lipinski definition) is 2. The molecule has 0 bridgehead atoms. The third-order valence-corrected chi connectivity index (χ3v) is 3.35. The molecule has 6 nitrogen and oxygen atoms in total. The molecule has 0 radical (unpaired) electrons. The maximum atomic E-state index is 12.1. The van der Waals surface area contributed by atoms with Gasteiger partial charge in [0.15, 0.2) is 0 Å². The van der Waals surface area contributed by atoms with Crippen molar-refractivity contribution in [3.63, 3.8) is 0 Å². The SMILES string of the molecule is C=C(NNC(=O)c1cccc([N+](=O)[O-])c1)c1ccc(C)cc1C. The van der Waals surface area contributed by atoms with Crippen LogP contribution in [0, 0.1) is 24.0 Å². The second-order valence-electron chi connectivity index (χ2n) is 5.18. The number of carbonyl (C=O) groups is 1. The second kappa shape index (κ2) is 6.74. The van der Waals surface area contributed by atoms with Crippen LogP contribution in [0.2, 0.25) is 0 Å². The summed E-state index contributed by atoms with van der Waals surface area (Å²) >= 11 is 0. The summed E-state index contributed by atoms with van der Waals surface area (Å²) in [7, 11) is 0. The fraction of sp³-hybridized carbons (Fsp3) is 0.118. The molecule has 2 N–H and O–H groups in total. The molecule has 0 aliphatic heterocycles. The van der Waals surface area contributed by atoms with E-state index in [9.17, 15) is 14.9 Å². The van der Waals surface area contributed by atoms with Crippen molar-refractivity contribution in [1.29, 1.82) is 0 Å². The lowest BCUT2D eigenvalue weighted by Gasteiger charge is -2.13. The van der Waals surface area contributed by atoms with Crippen molar-refractivity contribution >= 4 is 17.3 Å². The van der Waals surface area contributed by atoms with Gasteiger partial charge in [0.2, 0.25) is 0 Å². The standard InChI is InChI=1S/C17H17N3O3/c1-11-7-8-16(12(2)9-11)13(3)18-19-17(21)14-5-4-6-15(10-14)20(22)23/h4-10,18H,3H2,1-2H3,(H,19,21). The molecule has 2 aromatic carbocycles. The fourth-order valence-corrected chi connectivity index (χ4v) is 2.18. The Labute approximate surface area is 134 Å². The number of nitro benzene ring substituents is 1. The average Bonchev–Trinajstić information content (AvgIpc) is 2.52. The summed E-state index contributed by atoms with van der Waals surface area (Å²) in [5, 5.41) is 10.7. The topological polar surface area (TPSA) is 84.3 Å². The van der Waals surface area contributed by atoms with E-state index >= 15 is 0 Å². The normalized spacial score (nSPS) is 10.0. The molecular weight excluding hydrogens is 294 g/mol. The number of aryl methyl sites for hydroxylation is 2. The number of rotatable bonds is 5. The lowest BCUT2D eigenvalue weighted by molar-refractivity contribution is -0.384. The highest BCUT2D eigenvalue weighted by molar-refractivity contribution is 5.95. The van der Waals surface area contributed by atoms with E-state index in [-0.39, 0.29) is 11.3 Å². The van der Waals surface area contributed by atoms with Crippen LogP contribution >= 0.6 is 0 Å². The van der Waals surface area contributed by atoms with Gasteiger partial charge in [0.1, 0.15) is 0 Å². The zero-order chi connectivity index (χ0) is 17.0. The van der Waals surface area contributed by atoms with Crippen LogP contribution < -0.4 is 10.9 Å². The Hall–Kier alpha value is -3.15. The Balaban J connectivity index is 2.05. The molecule has 0 atom stereocenters. The summed E-state index contributed by atoms with van der Waals surface area (Å²) in [5.41, 5.74) is 8.90. The number of nitrogens with one attached hydrogen (secondary N) is 2. The third-order valence-electron chi connectivity index (χ3n) is 3.35. The maximum Gasteiger partial charge on any atom is 0.270 e. The minimum absolute atomic E-state index is 0.133. The number of carbonyl (C=O) groups excluding carboxylic acids is 1. The lowest BCUT2D eigenvalue weighted by atomic mass is 10.0. The smallest absolute Gasteiger partial charge is 0.270 e. The van der Waals surface area contributed by atoms with Crippen LogP contribution in [0.25, 0.3) is 5.70 Å². The van der Waals surface area contributed by atoms with Crippen LogP contribution in [-0.2, 0) is 0 Å². The number of nitrogens with zero attached hydrogens (tertiary/aromatic N) is 1. The van der Waals surface area contributed by atoms with E-state index < -0.39 is 10.8 Å². The summed E-state index contributed by atoms with van der Waals surface area (Å²) in [4.78, 5) is 22.3. The Morgan fingerprint density at radius 2 is 1.87 bits per heavy atom. The monoisotopic (exact) mass is 311 g/mol. The molecule has 1 amide bonds. The minimum atomic E-state index is -0.543. The van der Waals surface area contributed by atoms with Crippen molar-refractivity contribution in [2.75, 3.05) is 0 Å². The second-order valence-corrected chi connectivity index (χ2v) is 5.18. The molecule has 0 aliphatic rings. The van der Waals surface area contributed by atoms with Crippen LogP contribution in [0.1, 0.15) is 27.0 Å². The molecule has 0 aliphatic carbocycles. The molecule has 0 saturated heterocycles. The summed E-state index contributed by atoms with van der Waals surface area (Å²) < 4.78 is 0. The number of nitro groups is 1. The molecule has 0 heterocycles. The zero-order valence-electron chi connectivity index (χ0n) is 12.9. The van der Waals surface area contributed by atoms with E-state index in [1.807, 2.05) is 32.0 Å². The Bertz CT molecular complexity index is 784. The molecular formula is C17H17N3O3. The molecule has 0 unspecified atom stereocenters. The van der Waals surface area contributed by atoms with Gasteiger partial charge in [0.05, 0.1) is 10.6 Å². The summed E-state index contributed by atoms with van der Waals surface area (Å²) in [6, 6.07) is 11.4. The Morgan fingerprint density at radius 3 is 2.52 bits per heavy atom. The van der Waals surface area contributed by atoms with Gasteiger partial charge < -0.3 is 0 Å². The fourth-order valence-electron chi connectivity index (χ4n) is 2.18. The molecule has 0 saturated carbocycles. The van der Waals surface area contributed by atoms with Crippen molar-refractivity contribution in [1.82, 2.24) is 10.9 Å². The van der Waals surface area contributed by atoms with Crippen LogP contribution in [0.15, 0.2) is 49.0 Å². The van der Waals surface area contributed by atoms with E-state index in [0.29, 0.717) is 5.70 Å². The first kappa shape index (κ1) is 16.2. The van der Waals surface area contributed by atoms with E-state index in [0.717, 1.165) is 16.7 Å². The third kappa shape index (κ3) is 3.94. The van der Waals surface area contributed by atoms with E-state index in [2.05, 4.69) is 17.4 Å². The first-order valence-electron chi connectivity index (χ1n) is 6.96. The van der Waals surface area contributed by atoms with Gasteiger partial charge in [0, 0.05) is 23.3 Å². The van der Waals surface area contributed by atoms with E-state index in [4.69, 9.17) is 0 Å². The molecule has 2 rings (SSSR count). The number of benzene rings is 2. The van der Waals surface area contributed by atoms with Crippen molar-refractivity contribution in [3.05, 3.63) is 81.4 Å². The zero-order valence-corrected chi connectivity index (χ0v) is 12.9. The quantitative estimate of drug-likeness (QED) is 0.656. The Morgan fingerprint density at radius 1 is 1.13 bits per heavy atom. The molecule has 6 heteroatoms. The first-order chi connectivity index (χ1) is 10.9. The van der Waals surface area contributed by atoms with Gasteiger partial charge in [-0.2, -0.15) is 0 Å². The highest BCUT2D eigenvalue weighted by Crippen LogP contribution is 2.16. The molecule has 0 spiro atoms. The van der Waals surface area contributed by atoms with Crippen LogP contribution in [0.4, 0.5) is 5.69 Å². The largest absolute Gasteiger partial charge is 0.298 e. The van der Waals surface area contributed by atoms with Crippen LogP contribution in [-0.4, -0.2) is 10.8 Å². The maximum absolute atomic E-state index is 12.1. The lowest BCUT2D eigenvalue weighted by Crippen LogP contribution is -2.36. The number of hydrazine groups is 1. The van der Waals surface area contributed by atoms with Gasteiger partial charge in [-0.05, 0) is 25.5 Å². The summed E-state index contributed by atoms with van der Waals surface area (Å²) in [6.07, 6.45) is 0. The molecule has 0 fully saturated rings. The number of amides is 1. The van der Waals surface area contributed by atoms with E-state index in [1.54, 1.807) is 0 Å². The van der Waals surface area contributed by atoms with Crippen molar-refractivity contribution < 1.29 is 9.72 Å². The van der Waals surface area contributed by atoms with Crippen molar-refractivity contribution in [2.24, 2.45) is 0 Å². The van der Waals surface area contributed by atoms with Gasteiger partial charge in [0.25, 0.3) is 11.6 Å². The molecule has 23 heavy (non-hydrogen) atoms. The average molecular weight is 311 g/mol. The highest BCUT2D eigenvalue weighted by Gasteiger charge is 2.11. The molecule has 118 valence electrons. The van der Waals surface area contributed by atoms with Gasteiger partial charge in [-0.1, -0.05) is 36.4 Å². The van der Waals surface area contributed by atoms with Crippen molar-refractivity contribution in [3.8, 4) is 0 Å². The van der Waals surface area contributed by atoms with Crippen LogP contribution in [0.3, 0.4) is 0 Å². The predicted octanol–water partition coefficient (Wildman–Crippen LogP) is 3.12. The van der Waals surface area contributed by atoms with Gasteiger partial charge in [-0.15, -0.1) is 0 Å². The van der Waals surface area contributed by atoms with E-state index in [1.165, 1.54) is 24.3 Å². The number of hydrogen-bond acceptors (Lipinski definition) is 4. The molecule has 0 aromatic heterocycles. The Kier molecular flexibility index (Phi) is 4.75. The molecule has 2 aromatic rings. The van der Waals surface area contributed by atoms with Gasteiger partial charge in [-0.25, -0.2) is 0 Å². The van der Waals surface area contributed by atoms with Gasteiger partial charge in [-0.3, -0.25) is 25.8 Å². The summed E-state index contributed by atoms with van der Waals surface area (Å²) in [5.74, 6) is -0.473. The first-order valence-corrected chi connectivity index (χ1v) is 6.96. The van der Waals surface area contributed by atoms with Gasteiger partial charge >= 0.3 is 0 Å². The minimum Gasteiger partial charge on any atom is -0.298 e. The van der Waals surface area contributed by atoms with Crippen molar-refractivity contribution in [2.45, 2.75) is 13.8 Å². The number of non-ortho nitro benzene ring substituents is 1. The van der Waals surface area contributed by atoms with Crippen LogP contribution in [0.5, 0.6) is 0 Å². The summed E-state index contributed by atoms with van der Waals surface area (Å²) in [6.45, 7) is 7.85.